The summed E-state index contributed by atoms with van der Waals surface area (Å²) >= 11 is 0. The predicted molar refractivity (Wildman–Crippen MR) is 103 cm³/mol. The fraction of sp³-hybridized carbons (Fsp3) is 0.700. The summed E-state index contributed by atoms with van der Waals surface area (Å²) in [5.74, 6) is -1.29. The molecule has 2 aliphatic rings. The second-order valence-corrected chi connectivity index (χ2v) is 7.63. The van der Waals surface area contributed by atoms with Gasteiger partial charge in [-0.05, 0) is 45.6 Å². The number of hydrogen-bond acceptors (Lipinski definition) is 4. The number of hydrogen-bond donors (Lipinski definition) is 3. The smallest absolute Gasteiger partial charge is 0.151 e. The Kier molecular flexibility index (Phi) is 7.65. The van der Waals surface area contributed by atoms with E-state index in [2.05, 4.69) is 17.1 Å². The Morgan fingerprint density at radius 2 is 1.77 bits per heavy atom. The zero-order chi connectivity index (χ0) is 19.2. The average molecular weight is 370 g/mol. The molecule has 1 aromatic rings. The minimum atomic E-state index is -0.695. The summed E-state index contributed by atoms with van der Waals surface area (Å²) in [5.41, 5.74) is 6.45. The van der Waals surface area contributed by atoms with E-state index < -0.39 is 11.6 Å². The molecule has 0 radical (unpaired) electrons. The fourth-order valence-corrected chi connectivity index (χ4v) is 4.12. The minimum absolute atomic E-state index is 0.00747. The van der Waals surface area contributed by atoms with Gasteiger partial charge in [0.25, 0.3) is 0 Å². The number of aliphatic hydroxyl groups is 1. The van der Waals surface area contributed by atoms with Gasteiger partial charge in [-0.15, -0.1) is 0 Å². The molecule has 0 aromatic heterocycles. The van der Waals surface area contributed by atoms with Crippen molar-refractivity contribution in [3.63, 3.8) is 0 Å². The summed E-state index contributed by atoms with van der Waals surface area (Å²) in [6, 6.07) is 2.34. The Bertz CT molecular complexity index is 568. The first-order valence-electron chi connectivity index (χ1n) is 9.76. The molecule has 1 aliphatic heterocycles. The van der Waals surface area contributed by atoms with E-state index in [9.17, 15) is 8.78 Å². The first-order valence-corrected chi connectivity index (χ1v) is 9.76. The van der Waals surface area contributed by atoms with Crippen LogP contribution in [0.1, 0.15) is 58.8 Å². The lowest BCUT2D eigenvalue weighted by Crippen LogP contribution is -2.52. The molecule has 0 unspecified atom stereocenters. The molecule has 0 amide bonds. The number of nitrogens with two attached hydrogens (primary N) is 1. The van der Waals surface area contributed by atoms with Gasteiger partial charge in [0.1, 0.15) is 5.82 Å². The Morgan fingerprint density at radius 1 is 1.19 bits per heavy atom. The van der Waals surface area contributed by atoms with Crippen LogP contribution in [0.15, 0.2) is 12.1 Å². The number of aliphatic hydroxyl groups excluding tert-OH is 1. The molecule has 4 nitrogen and oxygen atoms in total. The molecule has 0 spiro atoms. The molecule has 148 valence electrons. The number of piperidine rings is 1. The number of nitrogen functional groups attached to an aromatic ring is 1. The molecule has 26 heavy (non-hydrogen) atoms. The normalized spacial score (nSPS) is 21.0. The van der Waals surface area contributed by atoms with Crippen molar-refractivity contribution in [2.45, 2.75) is 70.4 Å². The first kappa shape index (κ1) is 20.9. The molecule has 0 atom stereocenters. The summed E-state index contributed by atoms with van der Waals surface area (Å²) in [6.45, 7) is 6.39. The maximum Gasteiger partial charge on any atom is 0.151 e. The molecular formula is C20H33F2N3O. The highest BCUT2D eigenvalue weighted by Gasteiger charge is 2.35. The van der Waals surface area contributed by atoms with Crippen molar-refractivity contribution in [2.24, 2.45) is 0 Å². The lowest BCUT2D eigenvalue weighted by atomic mass is 9.80. The molecule has 2 fully saturated rings. The largest absolute Gasteiger partial charge is 0.397 e. The van der Waals surface area contributed by atoms with Crippen LogP contribution in [0.4, 0.5) is 20.2 Å². The van der Waals surface area contributed by atoms with Crippen LogP contribution >= 0.6 is 0 Å². The number of nitrogens with zero attached hydrogens (tertiary/aromatic N) is 1. The summed E-state index contributed by atoms with van der Waals surface area (Å²) in [6.07, 6.45) is 8.54. The maximum absolute atomic E-state index is 13.5. The molecule has 1 saturated heterocycles. The van der Waals surface area contributed by atoms with Crippen LogP contribution in [0.25, 0.3) is 0 Å². The van der Waals surface area contributed by atoms with Crippen molar-refractivity contribution in [1.29, 1.82) is 0 Å². The van der Waals surface area contributed by atoms with Gasteiger partial charge >= 0.3 is 0 Å². The second-order valence-electron chi connectivity index (χ2n) is 7.63. The van der Waals surface area contributed by atoms with Crippen molar-refractivity contribution >= 4 is 11.4 Å². The molecule has 6 heteroatoms. The Balaban J connectivity index is 0.000000758. The standard InChI is InChI=1S/C18H27F2N3.C2H6O/c1-18(7-3-2-4-8-18)23-9-5-14(6-10-23)22-16-12-13(19)11-15(20)17(16)21;1-2-3/h11-12,14,22H,2-10,21H2,1H3;3H,2H2,1H3. The van der Waals surface area contributed by atoms with Gasteiger partial charge in [-0.3, -0.25) is 4.90 Å². The van der Waals surface area contributed by atoms with Crippen LogP contribution in [-0.4, -0.2) is 41.3 Å². The third-order valence-electron chi connectivity index (χ3n) is 5.64. The topological polar surface area (TPSA) is 61.5 Å². The fourth-order valence-electron chi connectivity index (χ4n) is 4.12. The van der Waals surface area contributed by atoms with Crippen molar-refractivity contribution in [3.05, 3.63) is 23.8 Å². The lowest BCUT2D eigenvalue weighted by molar-refractivity contribution is 0.0458. The lowest BCUT2D eigenvalue weighted by Gasteiger charge is -2.47. The highest BCUT2D eigenvalue weighted by atomic mass is 19.1. The number of anilines is 2. The molecular weight excluding hydrogens is 336 g/mol. The number of likely N-dealkylation sites (tertiary alicyclic amines) is 1. The number of halogens is 2. The van der Waals surface area contributed by atoms with E-state index in [0.717, 1.165) is 32.0 Å². The van der Waals surface area contributed by atoms with Gasteiger partial charge in [-0.1, -0.05) is 19.3 Å². The highest BCUT2D eigenvalue weighted by molar-refractivity contribution is 5.67. The summed E-state index contributed by atoms with van der Waals surface area (Å²) in [5, 5.41) is 10.8. The minimum Gasteiger partial charge on any atom is -0.397 e. The quantitative estimate of drug-likeness (QED) is 0.701. The van der Waals surface area contributed by atoms with Gasteiger partial charge in [0.05, 0.1) is 11.4 Å². The second kappa shape index (κ2) is 9.51. The van der Waals surface area contributed by atoms with E-state index in [0.29, 0.717) is 11.2 Å². The van der Waals surface area contributed by atoms with Crippen LogP contribution in [-0.2, 0) is 0 Å². The third-order valence-corrected chi connectivity index (χ3v) is 5.64. The van der Waals surface area contributed by atoms with E-state index >= 15 is 0 Å². The zero-order valence-corrected chi connectivity index (χ0v) is 16.0. The van der Waals surface area contributed by atoms with Gasteiger partial charge in [-0.2, -0.15) is 0 Å². The monoisotopic (exact) mass is 369 g/mol. The third kappa shape index (κ3) is 5.30. The zero-order valence-electron chi connectivity index (χ0n) is 16.0. The SMILES string of the molecule is CC1(N2CCC(Nc3cc(F)cc(F)c3N)CC2)CCCCC1.CCO. The van der Waals surface area contributed by atoms with Crippen molar-refractivity contribution < 1.29 is 13.9 Å². The van der Waals surface area contributed by atoms with Crippen LogP contribution in [0.2, 0.25) is 0 Å². The van der Waals surface area contributed by atoms with Crippen molar-refractivity contribution in [1.82, 2.24) is 4.90 Å². The average Bonchev–Trinajstić information content (AvgIpc) is 2.61. The Labute approximate surface area is 155 Å². The molecule has 1 heterocycles. The van der Waals surface area contributed by atoms with Gasteiger partial charge < -0.3 is 16.2 Å². The van der Waals surface area contributed by atoms with E-state index in [1.54, 1.807) is 6.92 Å². The molecule has 1 aliphatic carbocycles. The Morgan fingerprint density at radius 3 is 2.35 bits per heavy atom. The van der Waals surface area contributed by atoms with E-state index in [1.165, 1.54) is 38.2 Å². The Hall–Kier alpha value is -1.40. The molecule has 1 aromatic carbocycles. The van der Waals surface area contributed by atoms with Gasteiger partial charge in [0.2, 0.25) is 0 Å². The van der Waals surface area contributed by atoms with Crippen molar-refractivity contribution in [3.8, 4) is 0 Å². The predicted octanol–water partition coefficient (Wildman–Crippen LogP) is 4.14. The number of benzene rings is 1. The van der Waals surface area contributed by atoms with Gasteiger partial charge in [0, 0.05) is 37.3 Å². The molecule has 1 saturated carbocycles. The summed E-state index contributed by atoms with van der Waals surface area (Å²) < 4.78 is 26.9. The van der Waals surface area contributed by atoms with Gasteiger partial charge in [0.15, 0.2) is 5.82 Å². The van der Waals surface area contributed by atoms with Crippen LogP contribution in [0.3, 0.4) is 0 Å². The maximum atomic E-state index is 13.5. The van der Waals surface area contributed by atoms with E-state index in [-0.39, 0.29) is 18.3 Å². The molecule has 0 bridgehead atoms. The summed E-state index contributed by atoms with van der Waals surface area (Å²) in [4.78, 5) is 2.61. The van der Waals surface area contributed by atoms with Crippen LogP contribution in [0.5, 0.6) is 0 Å². The van der Waals surface area contributed by atoms with Crippen LogP contribution < -0.4 is 11.1 Å². The number of rotatable bonds is 3. The molecule has 4 N–H and O–H groups in total. The van der Waals surface area contributed by atoms with E-state index in [4.69, 9.17) is 10.8 Å². The van der Waals surface area contributed by atoms with Crippen molar-refractivity contribution in [2.75, 3.05) is 30.7 Å². The van der Waals surface area contributed by atoms with Gasteiger partial charge in [-0.25, -0.2) is 8.78 Å². The number of nitrogens with one attached hydrogen (secondary N) is 1. The highest BCUT2D eigenvalue weighted by Crippen LogP contribution is 2.35. The molecule has 3 rings (SSSR count). The first-order chi connectivity index (χ1) is 12.4. The van der Waals surface area contributed by atoms with E-state index in [1.807, 2.05) is 0 Å². The summed E-state index contributed by atoms with van der Waals surface area (Å²) in [7, 11) is 0. The van der Waals surface area contributed by atoms with Crippen LogP contribution in [0, 0.1) is 11.6 Å².